The Bertz CT molecular complexity index is 644. The molecule has 5 heteroatoms. The first kappa shape index (κ1) is 13.5. The van der Waals surface area contributed by atoms with E-state index in [2.05, 4.69) is 41.6 Å². The molecule has 1 aromatic heterocycles. The molecular weight excluding hydrogens is 270 g/mol. The van der Waals surface area contributed by atoms with Crippen LogP contribution in [-0.2, 0) is 4.79 Å². The predicted molar refractivity (Wildman–Crippen MR) is 83.3 cm³/mol. The second-order valence-electron chi connectivity index (χ2n) is 5.46. The normalized spacial score (nSPS) is 16.5. The number of fused-ring (bicyclic) bond motifs is 1. The van der Waals surface area contributed by atoms with E-state index in [4.69, 9.17) is 0 Å². The van der Waals surface area contributed by atoms with Gasteiger partial charge in [0.2, 0.25) is 5.91 Å². The maximum Gasteiger partial charge on any atom is 0.229 e. The topological polar surface area (TPSA) is 54.0 Å². The number of rotatable bonds is 2. The summed E-state index contributed by atoms with van der Waals surface area (Å²) in [5.41, 5.74) is 3.40. The summed E-state index contributed by atoms with van der Waals surface area (Å²) in [6.07, 6.45) is 1.82. The number of amides is 1. The van der Waals surface area contributed by atoms with E-state index in [-0.39, 0.29) is 11.8 Å². The molecule has 2 aromatic rings. The molecule has 1 aliphatic rings. The highest BCUT2D eigenvalue weighted by Gasteiger charge is 2.21. The van der Waals surface area contributed by atoms with Gasteiger partial charge in [-0.05, 0) is 57.0 Å². The molecule has 0 bridgehead atoms. The zero-order valence-electron chi connectivity index (χ0n) is 11.8. The van der Waals surface area contributed by atoms with Crippen LogP contribution in [0.3, 0.4) is 0 Å². The Hall–Kier alpha value is -1.46. The molecule has 20 heavy (non-hydrogen) atoms. The van der Waals surface area contributed by atoms with E-state index >= 15 is 0 Å². The van der Waals surface area contributed by atoms with Crippen LogP contribution in [0.15, 0.2) is 12.1 Å². The van der Waals surface area contributed by atoms with Crippen molar-refractivity contribution in [2.24, 2.45) is 5.92 Å². The van der Waals surface area contributed by atoms with Crippen molar-refractivity contribution in [3.63, 3.8) is 0 Å². The van der Waals surface area contributed by atoms with Crippen molar-refractivity contribution in [2.45, 2.75) is 26.7 Å². The second kappa shape index (κ2) is 5.50. The predicted octanol–water partition coefficient (Wildman–Crippen LogP) is 2.85. The van der Waals surface area contributed by atoms with E-state index in [0.29, 0.717) is 0 Å². The van der Waals surface area contributed by atoms with E-state index in [9.17, 15) is 4.79 Å². The smallest absolute Gasteiger partial charge is 0.229 e. The summed E-state index contributed by atoms with van der Waals surface area (Å²) in [7, 11) is 0. The molecule has 1 aromatic carbocycles. The fourth-order valence-electron chi connectivity index (χ4n) is 2.72. The van der Waals surface area contributed by atoms with Crippen LogP contribution in [0.2, 0.25) is 0 Å². The van der Waals surface area contributed by atoms with Gasteiger partial charge in [0.25, 0.3) is 0 Å². The fourth-order valence-corrected chi connectivity index (χ4v) is 3.76. The molecule has 1 aliphatic heterocycles. The Kier molecular flexibility index (Phi) is 3.72. The molecule has 0 atom stereocenters. The lowest BCUT2D eigenvalue weighted by molar-refractivity contribution is -0.120. The number of piperidine rings is 1. The first-order valence-corrected chi connectivity index (χ1v) is 7.84. The van der Waals surface area contributed by atoms with E-state index in [0.717, 1.165) is 41.3 Å². The zero-order chi connectivity index (χ0) is 14.1. The van der Waals surface area contributed by atoms with Gasteiger partial charge in [0.15, 0.2) is 5.13 Å². The maximum absolute atomic E-state index is 12.2. The van der Waals surface area contributed by atoms with Crippen molar-refractivity contribution in [1.82, 2.24) is 10.3 Å². The molecule has 1 amide bonds. The highest BCUT2D eigenvalue weighted by atomic mass is 32.1. The molecule has 0 unspecified atom stereocenters. The van der Waals surface area contributed by atoms with Gasteiger partial charge in [-0.2, -0.15) is 0 Å². The van der Waals surface area contributed by atoms with Crippen molar-refractivity contribution in [1.29, 1.82) is 0 Å². The molecule has 1 fully saturated rings. The minimum atomic E-state index is 0.111. The van der Waals surface area contributed by atoms with Crippen molar-refractivity contribution in [3.8, 4) is 0 Å². The van der Waals surface area contributed by atoms with Crippen LogP contribution in [0, 0.1) is 19.8 Å². The molecule has 0 radical (unpaired) electrons. The van der Waals surface area contributed by atoms with Gasteiger partial charge in [-0.15, -0.1) is 0 Å². The average Bonchev–Trinajstić information content (AvgIpc) is 2.82. The number of nitrogens with zero attached hydrogens (tertiary/aromatic N) is 1. The van der Waals surface area contributed by atoms with Crippen LogP contribution in [0.5, 0.6) is 0 Å². The minimum absolute atomic E-state index is 0.111. The monoisotopic (exact) mass is 289 g/mol. The maximum atomic E-state index is 12.2. The van der Waals surface area contributed by atoms with Crippen molar-refractivity contribution >= 4 is 32.6 Å². The Balaban J connectivity index is 1.80. The number of carbonyl (C=O) groups is 1. The number of aryl methyl sites for hydroxylation is 2. The molecule has 3 rings (SSSR count). The summed E-state index contributed by atoms with van der Waals surface area (Å²) >= 11 is 1.56. The number of benzene rings is 1. The lowest BCUT2D eigenvalue weighted by Gasteiger charge is -2.20. The SMILES string of the molecule is Cc1cc(C)c2nc(NC(=O)C3CCNCC3)sc2c1. The first-order valence-electron chi connectivity index (χ1n) is 7.03. The zero-order valence-corrected chi connectivity index (χ0v) is 12.6. The molecule has 0 spiro atoms. The van der Waals surface area contributed by atoms with Crippen LogP contribution < -0.4 is 10.6 Å². The van der Waals surface area contributed by atoms with Gasteiger partial charge >= 0.3 is 0 Å². The van der Waals surface area contributed by atoms with Gasteiger partial charge in [0, 0.05) is 5.92 Å². The van der Waals surface area contributed by atoms with Gasteiger partial charge in [0.05, 0.1) is 10.2 Å². The van der Waals surface area contributed by atoms with Crippen molar-refractivity contribution in [3.05, 3.63) is 23.3 Å². The van der Waals surface area contributed by atoms with Crippen LogP contribution in [-0.4, -0.2) is 24.0 Å². The molecule has 2 N–H and O–H groups in total. The summed E-state index contributed by atoms with van der Waals surface area (Å²) in [5, 5.41) is 6.98. The summed E-state index contributed by atoms with van der Waals surface area (Å²) in [6.45, 7) is 6.00. The second-order valence-corrected chi connectivity index (χ2v) is 6.49. The van der Waals surface area contributed by atoms with Gasteiger partial charge < -0.3 is 10.6 Å². The van der Waals surface area contributed by atoms with E-state index in [1.165, 1.54) is 11.1 Å². The summed E-state index contributed by atoms with van der Waals surface area (Å²) < 4.78 is 1.14. The third kappa shape index (κ3) is 2.69. The Labute approximate surface area is 122 Å². The average molecular weight is 289 g/mol. The number of aromatic nitrogens is 1. The third-order valence-corrected chi connectivity index (χ3v) is 4.69. The number of hydrogen-bond acceptors (Lipinski definition) is 4. The van der Waals surface area contributed by atoms with Crippen LogP contribution >= 0.6 is 11.3 Å². The Morgan fingerprint density at radius 1 is 1.35 bits per heavy atom. The largest absolute Gasteiger partial charge is 0.317 e. The standard InChI is InChI=1S/C15H19N3OS/c1-9-7-10(2)13-12(8-9)20-15(17-13)18-14(19)11-3-5-16-6-4-11/h7-8,11,16H,3-6H2,1-2H3,(H,17,18,19). The number of carbonyl (C=O) groups excluding carboxylic acids is 1. The first-order chi connectivity index (χ1) is 9.63. The molecule has 106 valence electrons. The van der Waals surface area contributed by atoms with Gasteiger partial charge in [-0.25, -0.2) is 4.98 Å². The number of thiazole rings is 1. The van der Waals surface area contributed by atoms with Crippen molar-refractivity contribution in [2.75, 3.05) is 18.4 Å². The Morgan fingerprint density at radius 2 is 2.10 bits per heavy atom. The third-order valence-electron chi connectivity index (χ3n) is 3.77. The molecule has 1 saturated heterocycles. The van der Waals surface area contributed by atoms with Gasteiger partial charge in [-0.3, -0.25) is 4.79 Å². The lowest BCUT2D eigenvalue weighted by atomic mass is 9.97. The van der Waals surface area contributed by atoms with Crippen LogP contribution in [0.25, 0.3) is 10.2 Å². The fraction of sp³-hybridized carbons (Fsp3) is 0.467. The van der Waals surface area contributed by atoms with E-state index < -0.39 is 0 Å². The molecule has 0 aliphatic carbocycles. The number of anilines is 1. The molecule has 4 nitrogen and oxygen atoms in total. The molecular formula is C15H19N3OS. The van der Waals surface area contributed by atoms with Crippen LogP contribution in [0.4, 0.5) is 5.13 Å². The van der Waals surface area contributed by atoms with Gasteiger partial charge in [-0.1, -0.05) is 17.4 Å². The number of hydrogen-bond donors (Lipinski definition) is 2. The quantitative estimate of drug-likeness (QED) is 0.894. The molecule has 0 saturated carbocycles. The van der Waals surface area contributed by atoms with Gasteiger partial charge in [0.1, 0.15) is 0 Å². The Morgan fingerprint density at radius 3 is 2.85 bits per heavy atom. The van der Waals surface area contributed by atoms with E-state index in [1.54, 1.807) is 11.3 Å². The lowest BCUT2D eigenvalue weighted by Crippen LogP contribution is -2.34. The highest BCUT2D eigenvalue weighted by molar-refractivity contribution is 7.22. The molecule has 2 heterocycles. The summed E-state index contributed by atoms with van der Waals surface area (Å²) in [6, 6.07) is 4.25. The van der Waals surface area contributed by atoms with Crippen LogP contribution in [0.1, 0.15) is 24.0 Å². The number of nitrogens with one attached hydrogen (secondary N) is 2. The van der Waals surface area contributed by atoms with Crippen molar-refractivity contribution < 1.29 is 4.79 Å². The minimum Gasteiger partial charge on any atom is -0.317 e. The van der Waals surface area contributed by atoms with E-state index in [1.807, 2.05) is 0 Å². The summed E-state index contributed by atoms with van der Waals surface area (Å²) in [5.74, 6) is 0.228. The highest BCUT2D eigenvalue weighted by Crippen LogP contribution is 2.29. The summed E-state index contributed by atoms with van der Waals surface area (Å²) in [4.78, 5) is 16.8.